The maximum atomic E-state index is 13.0. The molecule has 20 heavy (non-hydrogen) atoms. The molecule has 0 saturated carbocycles. The minimum atomic E-state index is -0.883. The van der Waals surface area contributed by atoms with Gasteiger partial charge < -0.3 is 15.3 Å². The second kappa shape index (κ2) is 5.93. The highest BCUT2D eigenvalue weighted by Crippen LogP contribution is 2.40. The lowest BCUT2D eigenvalue weighted by Gasteiger charge is -2.37. The van der Waals surface area contributed by atoms with Crippen molar-refractivity contribution in [3.8, 4) is 0 Å². The average Bonchev–Trinajstić information content (AvgIpc) is 3.05. The molecular formula is C14H24N2O3S. The fourth-order valence-corrected chi connectivity index (χ4v) is 4.61. The molecule has 0 aromatic rings. The van der Waals surface area contributed by atoms with E-state index in [1.165, 1.54) is 0 Å². The van der Waals surface area contributed by atoms with Crippen LogP contribution in [0.2, 0.25) is 0 Å². The number of hydrogen-bond donors (Lipinski definition) is 2. The number of carboxylic acids is 1. The standard InChI is InChI=1S/C14H24N2O3S/c1-4-14(5-6-15-8-14)13(19)16-10(12(17)18)7-20-11(16)9(2)3/h9-11,15H,4-8H2,1-3H3,(H,17,18). The number of thioether (sulfide) groups is 1. The van der Waals surface area contributed by atoms with Crippen molar-refractivity contribution in [3.63, 3.8) is 0 Å². The van der Waals surface area contributed by atoms with E-state index in [9.17, 15) is 14.7 Å². The molecular weight excluding hydrogens is 276 g/mol. The summed E-state index contributed by atoms with van der Waals surface area (Å²) in [6, 6.07) is -0.677. The van der Waals surface area contributed by atoms with Crippen molar-refractivity contribution in [2.75, 3.05) is 18.8 Å². The van der Waals surface area contributed by atoms with Crippen molar-refractivity contribution >= 4 is 23.6 Å². The molecule has 0 aromatic heterocycles. The number of carboxylic acid groups (broad SMARTS) is 1. The topological polar surface area (TPSA) is 69.6 Å². The number of amides is 1. The average molecular weight is 300 g/mol. The molecule has 2 aliphatic rings. The first kappa shape index (κ1) is 15.6. The minimum Gasteiger partial charge on any atom is -0.480 e. The molecule has 0 aromatic carbocycles. The highest BCUT2D eigenvalue weighted by Gasteiger charge is 2.50. The van der Waals surface area contributed by atoms with Crippen molar-refractivity contribution in [2.45, 2.75) is 45.0 Å². The summed E-state index contributed by atoms with van der Waals surface area (Å²) in [7, 11) is 0. The molecule has 0 radical (unpaired) electrons. The number of rotatable bonds is 4. The SMILES string of the molecule is CCC1(C(=O)N2C(C(=O)O)CSC2C(C)C)CCNC1. The van der Waals surface area contributed by atoms with Crippen LogP contribution in [-0.2, 0) is 9.59 Å². The van der Waals surface area contributed by atoms with Crippen LogP contribution in [0.1, 0.15) is 33.6 Å². The number of carbonyl (C=O) groups excluding carboxylic acids is 1. The van der Waals surface area contributed by atoms with Crippen LogP contribution in [0.5, 0.6) is 0 Å². The summed E-state index contributed by atoms with van der Waals surface area (Å²) < 4.78 is 0. The molecule has 0 aliphatic carbocycles. The summed E-state index contributed by atoms with van der Waals surface area (Å²) in [6.07, 6.45) is 1.57. The van der Waals surface area contributed by atoms with Gasteiger partial charge in [-0.15, -0.1) is 11.8 Å². The molecule has 2 N–H and O–H groups in total. The normalized spacial score (nSPS) is 33.9. The Bertz CT molecular complexity index is 394. The summed E-state index contributed by atoms with van der Waals surface area (Å²) in [5.41, 5.74) is -0.411. The molecule has 0 spiro atoms. The molecule has 2 aliphatic heterocycles. The molecule has 2 rings (SSSR count). The van der Waals surface area contributed by atoms with Gasteiger partial charge in [0.05, 0.1) is 10.8 Å². The number of carbonyl (C=O) groups is 2. The van der Waals surface area contributed by atoms with Crippen molar-refractivity contribution < 1.29 is 14.7 Å². The molecule has 5 nitrogen and oxygen atoms in total. The highest BCUT2D eigenvalue weighted by molar-refractivity contribution is 8.00. The van der Waals surface area contributed by atoms with Crippen LogP contribution in [-0.4, -0.2) is 52.1 Å². The summed E-state index contributed by atoms with van der Waals surface area (Å²) in [5, 5.41) is 12.6. The van der Waals surface area contributed by atoms with Gasteiger partial charge in [0.1, 0.15) is 6.04 Å². The van der Waals surface area contributed by atoms with E-state index in [1.807, 2.05) is 20.8 Å². The van der Waals surface area contributed by atoms with Crippen LogP contribution in [0.25, 0.3) is 0 Å². The van der Waals surface area contributed by atoms with Crippen LogP contribution in [0, 0.1) is 11.3 Å². The third kappa shape index (κ3) is 2.55. The Morgan fingerprint density at radius 3 is 2.65 bits per heavy atom. The van der Waals surface area contributed by atoms with Gasteiger partial charge in [0.2, 0.25) is 5.91 Å². The zero-order valence-electron chi connectivity index (χ0n) is 12.4. The summed E-state index contributed by atoms with van der Waals surface area (Å²) in [5.74, 6) is -0.0965. The zero-order valence-corrected chi connectivity index (χ0v) is 13.2. The van der Waals surface area contributed by atoms with E-state index in [1.54, 1.807) is 16.7 Å². The van der Waals surface area contributed by atoms with Crippen molar-refractivity contribution in [1.29, 1.82) is 0 Å². The number of nitrogens with zero attached hydrogens (tertiary/aromatic N) is 1. The van der Waals surface area contributed by atoms with Gasteiger partial charge >= 0.3 is 5.97 Å². The van der Waals surface area contributed by atoms with Crippen LogP contribution < -0.4 is 5.32 Å². The van der Waals surface area contributed by atoms with Crippen molar-refractivity contribution in [1.82, 2.24) is 10.2 Å². The van der Waals surface area contributed by atoms with Gasteiger partial charge in [-0.1, -0.05) is 20.8 Å². The van der Waals surface area contributed by atoms with E-state index in [-0.39, 0.29) is 17.2 Å². The first-order valence-electron chi connectivity index (χ1n) is 7.31. The van der Waals surface area contributed by atoms with Gasteiger partial charge in [-0.25, -0.2) is 4.79 Å². The smallest absolute Gasteiger partial charge is 0.327 e. The predicted octanol–water partition coefficient (Wildman–Crippen LogP) is 1.39. The summed E-state index contributed by atoms with van der Waals surface area (Å²) in [4.78, 5) is 26.2. The maximum absolute atomic E-state index is 13.0. The Labute approximate surface area is 124 Å². The molecule has 6 heteroatoms. The quantitative estimate of drug-likeness (QED) is 0.821. The third-order valence-electron chi connectivity index (χ3n) is 4.50. The van der Waals surface area contributed by atoms with Crippen LogP contribution in [0.4, 0.5) is 0 Å². The fraction of sp³-hybridized carbons (Fsp3) is 0.857. The largest absolute Gasteiger partial charge is 0.480 e. The van der Waals surface area contributed by atoms with Gasteiger partial charge in [-0.3, -0.25) is 4.79 Å². The zero-order chi connectivity index (χ0) is 14.9. The number of hydrogen-bond acceptors (Lipinski definition) is 4. The van der Waals surface area contributed by atoms with Crippen LogP contribution >= 0.6 is 11.8 Å². The Balaban J connectivity index is 2.29. The van der Waals surface area contributed by atoms with E-state index in [0.717, 1.165) is 19.4 Å². The Morgan fingerprint density at radius 1 is 1.50 bits per heavy atom. The lowest BCUT2D eigenvalue weighted by atomic mass is 9.82. The van der Waals surface area contributed by atoms with E-state index in [2.05, 4.69) is 5.32 Å². The molecule has 0 bridgehead atoms. The maximum Gasteiger partial charge on any atom is 0.327 e. The molecule has 2 fully saturated rings. The lowest BCUT2D eigenvalue weighted by molar-refractivity contribution is -0.154. The number of nitrogens with one attached hydrogen (secondary N) is 1. The summed E-state index contributed by atoms with van der Waals surface area (Å²) in [6.45, 7) is 7.63. The van der Waals surface area contributed by atoms with Gasteiger partial charge in [0.25, 0.3) is 0 Å². The number of aliphatic carboxylic acids is 1. The van der Waals surface area contributed by atoms with Gasteiger partial charge in [0.15, 0.2) is 0 Å². The summed E-state index contributed by atoms with van der Waals surface area (Å²) >= 11 is 1.60. The molecule has 2 heterocycles. The second-order valence-electron chi connectivity index (χ2n) is 6.10. The van der Waals surface area contributed by atoms with Gasteiger partial charge in [-0.05, 0) is 25.3 Å². The van der Waals surface area contributed by atoms with E-state index >= 15 is 0 Å². The van der Waals surface area contributed by atoms with Crippen LogP contribution in [0.15, 0.2) is 0 Å². The molecule has 2 saturated heterocycles. The van der Waals surface area contributed by atoms with E-state index in [0.29, 0.717) is 12.3 Å². The van der Waals surface area contributed by atoms with Gasteiger partial charge in [-0.2, -0.15) is 0 Å². The fourth-order valence-electron chi connectivity index (χ4n) is 3.14. The van der Waals surface area contributed by atoms with E-state index in [4.69, 9.17) is 0 Å². The Hall–Kier alpha value is -0.750. The minimum absolute atomic E-state index is 0.0207. The molecule has 3 atom stereocenters. The Morgan fingerprint density at radius 2 is 2.20 bits per heavy atom. The van der Waals surface area contributed by atoms with Gasteiger partial charge in [0, 0.05) is 12.3 Å². The monoisotopic (exact) mass is 300 g/mol. The van der Waals surface area contributed by atoms with Crippen molar-refractivity contribution in [3.05, 3.63) is 0 Å². The van der Waals surface area contributed by atoms with Crippen molar-refractivity contribution in [2.24, 2.45) is 11.3 Å². The molecule has 114 valence electrons. The Kier molecular flexibility index (Phi) is 4.64. The van der Waals surface area contributed by atoms with Crippen LogP contribution in [0.3, 0.4) is 0 Å². The first-order valence-corrected chi connectivity index (χ1v) is 8.35. The second-order valence-corrected chi connectivity index (χ2v) is 7.24. The molecule has 1 amide bonds. The third-order valence-corrected chi connectivity index (χ3v) is 6.12. The molecule has 3 unspecified atom stereocenters. The highest BCUT2D eigenvalue weighted by atomic mass is 32.2. The lowest BCUT2D eigenvalue weighted by Crippen LogP contribution is -2.53. The predicted molar refractivity (Wildman–Crippen MR) is 79.6 cm³/mol. The van der Waals surface area contributed by atoms with E-state index < -0.39 is 17.4 Å². The first-order chi connectivity index (χ1) is 9.43.